The van der Waals surface area contributed by atoms with Crippen molar-refractivity contribution in [2.75, 3.05) is 19.5 Å². The molecular weight excluding hydrogens is 382 g/mol. The van der Waals surface area contributed by atoms with E-state index in [-0.39, 0.29) is 12.3 Å². The number of ether oxygens (including phenoxy) is 2. The topological polar surface area (TPSA) is 89.0 Å². The van der Waals surface area contributed by atoms with E-state index in [4.69, 9.17) is 9.47 Å². The van der Waals surface area contributed by atoms with Crippen molar-refractivity contribution in [2.24, 2.45) is 5.10 Å². The van der Waals surface area contributed by atoms with E-state index >= 15 is 0 Å². The number of amides is 2. The molecule has 0 bridgehead atoms. The predicted molar refractivity (Wildman–Crippen MR) is 116 cm³/mol. The number of methoxy groups -OCH3 is 2. The van der Waals surface area contributed by atoms with E-state index < -0.39 is 5.91 Å². The highest BCUT2D eigenvalue weighted by Gasteiger charge is 2.15. The minimum atomic E-state index is -0.396. The van der Waals surface area contributed by atoms with Crippen molar-refractivity contribution < 1.29 is 19.1 Å². The van der Waals surface area contributed by atoms with Gasteiger partial charge in [0.2, 0.25) is 5.91 Å². The third kappa shape index (κ3) is 5.17. The molecule has 0 spiro atoms. The van der Waals surface area contributed by atoms with Gasteiger partial charge in [0.25, 0.3) is 5.91 Å². The van der Waals surface area contributed by atoms with Gasteiger partial charge in [-0.3, -0.25) is 9.59 Å². The number of nitrogens with zero attached hydrogens (tertiary/aromatic N) is 1. The van der Waals surface area contributed by atoms with Gasteiger partial charge >= 0.3 is 0 Å². The van der Waals surface area contributed by atoms with Gasteiger partial charge in [0, 0.05) is 17.0 Å². The first kappa shape index (κ1) is 21.4. The summed E-state index contributed by atoms with van der Waals surface area (Å²) >= 11 is 0. The van der Waals surface area contributed by atoms with E-state index in [2.05, 4.69) is 21.9 Å². The normalized spacial score (nSPS) is 13.2. The molecular formula is C23H27N3O4. The summed E-state index contributed by atoms with van der Waals surface area (Å²) in [6.07, 6.45) is 4.47. The van der Waals surface area contributed by atoms with Gasteiger partial charge in [-0.05, 0) is 68.0 Å². The molecule has 0 heterocycles. The molecule has 0 aliphatic heterocycles. The fourth-order valence-electron chi connectivity index (χ4n) is 3.55. The van der Waals surface area contributed by atoms with Crippen LogP contribution in [0.3, 0.4) is 0 Å². The number of fused-ring (bicyclic) bond motifs is 1. The molecule has 2 aromatic rings. The van der Waals surface area contributed by atoms with Crippen molar-refractivity contribution in [3.63, 3.8) is 0 Å². The van der Waals surface area contributed by atoms with Crippen LogP contribution in [0.15, 0.2) is 41.5 Å². The van der Waals surface area contributed by atoms with Crippen LogP contribution < -0.4 is 20.2 Å². The van der Waals surface area contributed by atoms with Crippen molar-refractivity contribution in [1.82, 2.24) is 5.43 Å². The summed E-state index contributed by atoms with van der Waals surface area (Å²) in [6, 6.07) is 10.9. The quantitative estimate of drug-likeness (QED) is 0.539. The Labute approximate surface area is 176 Å². The van der Waals surface area contributed by atoms with Crippen LogP contribution in [0.1, 0.15) is 47.7 Å². The van der Waals surface area contributed by atoms with Gasteiger partial charge in [0.1, 0.15) is 0 Å². The molecule has 0 aromatic heterocycles. The van der Waals surface area contributed by atoms with Gasteiger partial charge in [-0.15, -0.1) is 0 Å². The molecule has 158 valence electrons. The molecule has 0 saturated carbocycles. The maximum absolute atomic E-state index is 12.4. The largest absolute Gasteiger partial charge is 0.493 e. The van der Waals surface area contributed by atoms with Crippen molar-refractivity contribution in [3.05, 3.63) is 53.1 Å². The maximum Gasteiger partial charge on any atom is 0.271 e. The standard InChI is InChI=1S/C23H27N3O4/c1-15(25-26-23(28)17-11-12-20(29-2)21(14-17)30-3)13-22(27)24-19-10-6-8-16-7-4-5-9-18(16)19/h6,8,10-12,14H,4-5,7,9,13H2,1-3H3,(H,24,27)(H,26,28)/b25-15-. The first-order chi connectivity index (χ1) is 14.5. The Bertz CT molecular complexity index is 969. The lowest BCUT2D eigenvalue weighted by atomic mass is 9.90. The first-order valence-electron chi connectivity index (χ1n) is 9.98. The summed E-state index contributed by atoms with van der Waals surface area (Å²) in [5.41, 5.74) is 6.78. The molecule has 1 aliphatic carbocycles. The van der Waals surface area contributed by atoms with Gasteiger partial charge in [-0.1, -0.05) is 12.1 Å². The lowest BCUT2D eigenvalue weighted by Crippen LogP contribution is -2.22. The average molecular weight is 409 g/mol. The predicted octanol–water partition coefficient (Wildman–Crippen LogP) is 3.72. The zero-order valence-corrected chi connectivity index (χ0v) is 17.6. The first-order valence-corrected chi connectivity index (χ1v) is 9.98. The van der Waals surface area contributed by atoms with Crippen LogP contribution in [0.25, 0.3) is 0 Å². The van der Waals surface area contributed by atoms with Gasteiger partial charge in [-0.2, -0.15) is 5.10 Å². The molecule has 7 nitrogen and oxygen atoms in total. The number of carbonyl (C=O) groups excluding carboxylic acids is 2. The van der Waals surface area contributed by atoms with E-state index in [0.717, 1.165) is 24.9 Å². The Morgan fingerprint density at radius 3 is 2.57 bits per heavy atom. The summed E-state index contributed by atoms with van der Waals surface area (Å²) in [7, 11) is 3.03. The number of hydrogen-bond acceptors (Lipinski definition) is 5. The van der Waals surface area contributed by atoms with Crippen molar-refractivity contribution in [2.45, 2.75) is 39.0 Å². The van der Waals surface area contributed by atoms with E-state index in [1.807, 2.05) is 12.1 Å². The molecule has 30 heavy (non-hydrogen) atoms. The van der Waals surface area contributed by atoms with Crippen LogP contribution in [0.5, 0.6) is 11.5 Å². The van der Waals surface area contributed by atoms with Crippen molar-refractivity contribution in [3.8, 4) is 11.5 Å². The zero-order valence-electron chi connectivity index (χ0n) is 17.6. The smallest absolute Gasteiger partial charge is 0.271 e. The highest BCUT2D eigenvalue weighted by atomic mass is 16.5. The number of nitrogens with one attached hydrogen (secondary N) is 2. The molecule has 0 fully saturated rings. The number of carbonyl (C=O) groups is 2. The van der Waals surface area contributed by atoms with E-state index in [9.17, 15) is 9.59 Å². The second kappa shape index (κ2) is 9.91. The van der Waals surface area contributed by atoms with Crippen LogP contribution in [0.4, 0.5) is 5.69 Å². The zero-order chi connectivity index (χ0) is 21.5. The Kier molecular flexibility index (Phi) is 7.06. The molecule has 1 aliphatic rings. The fraction of sp³-hybridized carbons (Fsp3) is 0.348. The summed E-state index contributed by atoms with van der Waals surface area (Å²) in [4.78, 5) is 24.8. The monoisotopic (exact) mass is 409 g/mol. The van der Waals surface area contributed by atoms with Gasteiger partial charge in [-0.25, -0.2) is 5.43 Å². The molecule has 0 saturated heterocycles. The highest BCUT2D eigenvalue weighted by Crippen LogP contribution is 2.28. The van der Waals surface area contributed by atoms with E-state index in [0.29, 0.717) is 22.8 Å². The Morgan fingerprint density at radius 1 is 1.03 bits per heavy atom. The van der Waals surface area contributed by atoms with Crippen LogP contribution in [0.2, 0.25) is 0 Å². The molecule has 0 radical (unpaired) electrons. The molecule has 2 N–H and O–H groups in total. The Morgan fingerprint density at radius 2 is 1.80 bits per heavy atom. The Hall–Kier alpha value is -3.35. The lowest BCUT2D eigenvalue weighted by molar-refractivity contribution is -0.115. The number of benzene rings is 2. The summed E-state index contributed by atoms with van der Waals surface area (Å²) in [6.45, 7) is 1.70. The van der Waals surface area contributed by atoms with Crippen molar-refractivity contribution >= 4 is 23.2 Å². The third-order valence-electron chi connectivity index (χ3n) is 5.08. The molecule has 2 aromatic carbocycles. The fourth-order valence-corrected chi connectivity index (χ4v) is 3.55. The maximum atomic E-state index is 12.4. The second-order valence-corrected chi connectivity index (χ2v) is 7.23. The van der Waals surface area contributed by atoms with Crippen LogP contribution in [-0.4, -0.2) is 31.7 Å². The van der Waals surface area contributed by atoms with Gasteiger partial charge in [0.05, 0.1) is 20.6 Å². The van der Waals surface area contributed by atoms with Crippen LogP contribution in [0, 0.1) is 0 Å². The van der Waals surface area contributed by atoms with Crippen LogP contribution >= 0.6 is 0 Å². The van der Waals surface area contributed by atoms with E-state index in [1.54, 1.807) is 25.1 Å². The minimum Gasteiger partial charge on any atom is -0.493 e. The number of hydrazone groups is 1. The highest BCUT2D eigenvalue weighted by molar-refractivity contribution is 6.06. The van der Waals surface area contributed by atoms with Gasteiger partial charge in [0.15, 0.2) is 11.5 Å². The number of anilines is 1. The lowest BCUT2D eigenvalue weighted by Gasteiger charge is -2.19. The van der Waals surface area contributed by atoms with Gasteiger partial charge < -0.3 is 14.8 Å². The summed E-state index contributed by atoms with van der Waals surface area (Å²) in [5.74, 6) is 0.438. The number of aryl methyl sites for hydroxylation is 1. The number of rotatable bonds is 7. The summed E-state index contributed by atoms with van der Waals surface area (Å²) < 4.78 is 10.4. The average Bonchev–Trinajstić information content (AvgIpc) is 2.77. The van der Waals surface area contributed by atoms with Crippen LogP contribution in [-0.2, 0) is 17.6 Å². The van der Waals surface area contributed by atoms with Crippen molar-refractivity contribution in [1.29, 1.82) is 0 Å². The summed E-state index contributed by atoms with van der Waals surface area (Å²) in [5, 5.41) is 7.04. The molecule has 7 heteroatoms. The van der Waals surface area contributed by atoms with E-state index in [1.165, 1.54) is 31.8 Å². The molecule has 0 atom stereocenters. The minimum absolute atomic E-state index is 0.0931. The number of hydrogen-bond donors (Lipinski definition) is 2. The molecule has 3 rings (SSSR count). The molecule has 2 amide bonds. The SMILES string of the molecule is COc1ccc(C(=O)N/N=C(/C)CC(=O)Nc2cccc3c2CCCC3)cc1OC. The second-order valence-electron chi connectivity index (χ2n) is 7.23. The molecule has 0 unspecified atom stereocenters. The Balaban J connectivity index is 1.59. The third-order valence-corrected chi connectivity index (χ3v) is 5.08.